The molecule has 8 heteroatoms. The van der Waals surface area contributed by atoms with Crippen molar-refractivity contribution in [2.24, 2.45) is 5.73 Å². The molecule has 0 aromatic heterocycles. The van der Waals surface area contributed by atoms with E-state index in [0.29, 0.717) is 15.9 Å². The van der Waals surface area contributed by atoms with E-state index in [0.717, 1.165) is 12.5 Å². The summed E-state index contributed by atoms with van der Waals surface area (Å²) in [5.74, 6) is -1.47. The Balaban J connectivity index is 0.000000494. The SMILES string of the molecule is CS(C)(=O)=O.NC(=O)c1cc(Cl)c(CBr)cc1F. The van der Waals surface area contributed by atoms with Gasteiger partial charge in [-0.1, -0.05) is 27.5 Å². The van der Waals surface area contributed by atoms with Gasteiger partial charge in [0, 0.05) is 22.9 Å². The predicted octanol–water partition coefficient (Wildman–Crippen LogP) is 2.13. The molecule has 1 rings (SSSR count). The topological polar surface area (TPSA) is 77.2 Å². The second kappa shape index (κ2) is 7.06. The van der Waals surface area contributed by atoms with Crippen LogP contribution >= 0.6 is 27.5 Å². The summed E-state index contributed by atoms with van der Waals surface area (Å²) in [7, 11) is -2.67. The summed E-state index contributed by atoms with van der Waals surface area (Å²) in [5.41, 5.74) is 5.33. The molecule has 0 aliphatic rings. The van der Waals surface area contributed by atoms with Crippen molar-refractivity contribution in [2.75, 3.05) is 12.5 Å². The van der Waals surface area contributed by atoms with Crippen molar-refractivity contribution < 1.29 is 17.6 Å². The largest absolute Gasteiger partial charge is 0.366 e. The van der Waals surface area contributed by atoms with Gasteiger partial charge in [0.2, 0.25) is 0 Å². The molecule has 0 radical (unpaired) electrons. The molecule has 102 valence electrons. The predicted molar refractivity (Wildman–Crippen MR) is 73.3 cm³/mol. The standard InChI is InChI=1S/C8H6BrClFNO.C2H6O2S/c9-3-4-1-7(11)5(8(12)13)2-6(4)10;1-5(2,3)4/h1-2H,3H2,(H2,12,13);1-2H3. The zero-order valence-corrected chi connectivity index (χ0v) is 12.9. The van der Waals surface area contributed by atoms with Gasteiger partial charge in [0.05, 0.1) is 5.56 Å². The average Bonchev–Trinajstić information content (AvgIpc) is 2.18. The summed E-state index contributed by atoms with van der Waals surface area (Å²) in [5, 5.41) is 0.758. The number of sulfone groups is 1. The quantitative estimate of drug-likeness (QED) is 0.821. The lowest BCUT2D eigenvalue weighted by Gasteiger charge is -2.03. The van der Waals surface area contributed by atoms with Gasteiger partial charge in [-0.3, -0.25) is 4.79 Å². The Morgan fingerprint density at radius 2 is 1.89 bits per heavy atom. The van der Waals surface area contributed by atoms with Crippen LogP contribution in [0.25, 0.3) is 0 Å². The molecule has 1 aromatic rings. The van der Waals surface area contributed by atoms with Crippen LogP contribution in [0, 0.1) is 5.82 Å². The van der Waals surface area contributed by atoms with Crippen LogP contribution in [0.4, 0.5) is 4.39 Å². The Bertz CT molecular complexity index is 540. The number of benzene rings is 1. The zero-order chi connectivity index (χ0) is 14.5. The maximum absolute atomic E-state index is 13.1. The third kappa shape index (κ3) is 6.93. The van der Waals surface area contributed by atoms with Gasteiger partial charge in [-0.2, -0.15) is 0 Å². The number of primary amides is 1. The first-order valence-corrected chi connectivity index (χ1v) is 8.35. The molecule has 1 amide bonds. The first kappa shape index (κ1) is 17.3. The number of carbonyl (C=O) groups is 1. The minimum Gasteiger partial charge on any atom is -0.366 e. The van der Waals surface area contributed by atoms with Crippen molar-refractivity contribution in [3.63, 3.8) is 0 Å². The molecule has 0 atom stereocenters. The third-order valence-corrected chi connectivity index (χ3v) is 2.50. The molecule has 0 saturated heterocycles. The maximum atomic E-state index is 13.1. The van der Waals surface area contributed by atoms with Crippen molar-refractivity contribution in [3.05, 3.63) is 34.1 Å². The number of alkyl halides is 1. The number of halogens is 3. The molecule has 0 saturated carbocycles. The highest BCUT2D eigenvalue weighted by atomic mass is 79.9. The molecular weight excluding hydrogens is 349 g/mol. The summed E-state index contributed by atoms with van der Waals surface area (Å²) in [4.78, 5) is 10.7. The van der Waals surface area contributed by atoms with Crippen LogP contribution in [0.1, 0.15) is 15.9 Å². The van der Waals surface area contributed by atoms with E-state index in [1.54, 1.807) is 0 Å². The maximum Gasteiger partial charge on any atom is 0.251 e. The highest BCUT2D eigenvalue weighted by Gasteiger charge is 2.11. The Labute approximate surface area is 118 Å². The van der Waals surface area contributed by atoms with E-state index in [9.17, 15) is 17.6 Å². The third-order valence-electron chi connectivity index (χ3n) is 1.55. The first-order chi connectivity index (χ1) is 8.06. The van der Waals surface area contributed by atoms with Crippen LogP contribution in [0.5, 0.6) is 0 Å². The van der Waals surface area contributed by atoms with E-state index in [-0.39, 0.29) is 5.56 Å². The van der Waals surface area contributed by atoms with Gasteiger partial charge in [-0.05, 0) is 17.7 Å². The van der Waals surface area contributed by atoms with Crippen LogP contribution in [0.15, 0.2) is 12.1 Å². The van der Waals surface area contributed by atoms with Crippen molar-refractivity contribution in [1.82, 2.24) is 0 Å². The first-order valence-electron chi connectivity index (χ1n) is 4.55. The molecular formula is C10H12BrClFNO3S. The molecule has 0 fully saturated rings. The summed E-state index contributed by atoms with van der Waals surface area (Å²) in [6, 6.07) is 2.42. The number of hydrogen-bond donors (Lipinski definition) is 1. The summed E-state index contributed by atoms with van der Waals surface area (Å²) in [6.45, 7) is 0. The molecule has 4 nitrogen and oxygen atoms in total. The minimum absolute atomic E-state index is 0.185. The van der Waals surface area contributed by atoms with Crippen molar-refractivity contribution >= 4 is 43.3 Å². The van der Waals surface area contributed by atoms with Crippen LogP contribution < -0.4 is 5.73 Å². The molecule has 0 heterocycles. The Kier molecular flexibility index (Phi) is 6.80. The highest BCUT2D eigenvalue weighted by Crippen LogP contribution is 2.22. The summed E-state index contributed by atoms with van der Waals surface area (Å²) < 4.78 is 32.4. The number of rotatable bonds is 2. The van der Waals surface area contributed by atoms with Gasteiger partial charge in [-0.25, -0.2) is 12.8 Å². The average molecular weight is 361 g/mol. The number of hydrogen-bond acceptors (Lipinski definition) is 3. The van der Waals surface area contributed by atoms with Gasteiger partial charge in [0.15, 0.2) is 0 Å². The van der Waals surface area contributed by atoms with Gasteiger partial charge < -0.3 is 5.73 Å². The fourth-order valence-electron chi connectivity index (χ4n) is 0.879. The molecule has 0 aliphatic heterocycles. The van der Waals surface area contributed by atoms with E-state index in [1.807, 2.05) is 0 Å². The van der Waals surface area contributed by atoms with E-state index in [1.165, 1.54) is 12.1 Å². The molecule has 0 aliphatic carbocycles. The van der Waals surface area contributed by atoms with Crippen LogP contribution in [0.2, 0.25) is 5.02 Å². The van der Waals surface area contributed by atoms with Crippen molar-refractivity contribution in [2.45, 2.75) is 5.33 Å². The Morgan fingerprint density at radius 1 is 1.44 bits per heavy atom. The second-order valence-electron chi connectivity index (χ2n) is 3.56. The van der Waals surface area contributed by atoms with Crippen molar-refractivity contribution in [1.29, 1.82) is 0 Å². The molecule has 0 bridgehead atoms. The van der Waals surface area contributed by atoms with E-state index < -0.39 is 21.6 Å². The van der Waals surface area contributed by atoms with Gasteiger partial charge in [0.25, 0.3) is 5.91 Å². The van der Waals surface area contributed by atoms with E-state index in [4.69, 9.17) is 17.3 Å². The fourth-order valence-corrected chi connectivity index (χ4v) is 1.74. The van der Waals surface area contributed by atoms with Crippen molar-refractivity contribution in [3.8, 4) is 0 Å². The van der Waals surface area contributed by atoms with Gasteiger partial charge >= 0.3 is 0 Å². The number of amides is 1. The van der Waals surface area contributed by atoms with E-state index >= 15 is 0 Å². The summed E-state index contributed by atoms with van der Waals surface area (Å²) >= 11 is 8.88. The normalized spacial score (nSPS) is 10.5. The molecule has 0 spiro atoms. The molecule has 1 aromatic carbocycles. The zero-order valence-electron chi connectivity index (χ0n) is 9.71. The monoisotopic (exact) mass is 359 g/mol. The van der Waals surface area contributed by atoms with E-state index in [2.05, 4.69) is 15.9 Å². The molecule has 18 heavy (non-hydrogen) atoms. The summed E-state index contributed by atoms with van der Waals surface area (Å²) in [6.07, 6.45) is 2.32. The molecule has 2 N–H and O–H groups in total. The van der Waals surface area contributed by atoms with Gasteiger partial charge in [0.1, 0.15) is 15.7 Å². The lowest BCUT2D eigenvalue weighted by molar-refractivity contribution is 0.0996. The van der Waals surface area contributed by atoms with Gasteiger partial charge in [-0.15, -0.1) is 0 Å². The Morgan fingerprint density at radius 3 is 2.22 bits per heavy atom. The number of nitrogens with two attached hydrogens (primary N) is 1. The van der Waals surface area contributed by atoms with Crippen LogP contribution in [-0.2, 0) is 15.2 Å². The lowest BCUT2D eigenvalue weighted by Crippen LogP contribution is -2.13. The second-order valence-corrected chi connectivity index (χ2v) is 6.82. The van der Waals surface area contributed by atoms with Crippen LogP contribution in [0.3, 0.4) is 0 Å². The Hall–Kier alpha value is -0.660. The number of carbonyl (C=O) groups excluding carboxylic acids is 1. The minimum atomic E-state index is -2.67. The lowest BCUT2D eigenvalue weighted by atomic mass is 10.1. The highest BCUT2D eigenvalue weighted by molar-refractivity contribution is 9.08. The molecule has 0 unspecified atom stereocenters. The fraction of sp³-hybridized carbons (Fsp3) is 0.300. The smallest absolute Gasteiger partial charge is 0.251 e. The van der Waals surface area contributed by atoms with Crippen LogP contribution in [-0.4, -0.2) is 26.8 Å².